The summed E-state index contributed by atoms with van der Waals surface area (Å²) in [6.07, 6.45) is -4.35. The first kappa shape index (κ1) is 14.8. The highest BCUT2D eigenvalue weighted by molar-refractivity contribution is 5.34. The predicted octanol–water partition coefficient (Wildman–Crippen LogP) is 2.09. The Morgan fingerprint density at radius 3 is 2.38 bits per heavy atom. The molecule has 0 atom stereocenters. The molecule has 0 fully saturated rings. The van der Waals surface area contributed by atoms with Crippen LogP contribution in [0.15, 0.2) is 24.3 Å². The lowest BCUT2D eigenvalue weighted by Gasteiger charge is -2.09. The molecular formula is C12H12F3N5O. The first-order valence-electron chi connectivity index (χ1n) is 5.84. The quantitative estimate of drug-likeness (QED) is 0.899. The standard InChI is InChI=1S/C12H12F3N5O/c1-21-11-19-9(16)18-10(20-11)17-6-7-2-4-8(5-3-7)12(13,14)15/h2-5H,6H2,1H3,(H3,16,17,18,19,20). The third kappa shape index (κ3) is 3.94. The summed E-state index contributed by atoms with van der Waals surface area (Å²) < 4.78 is 42.1. The fourth-order valence-electron chi connectivity index (χ4n) is 1.54. The van der Waals surface area contributed by atoms with Crippen LogP contribution in [-0.2, 0) is 12.7 Å². The lowest BCUT2D eigenvalue weighted by atomic mass is 10.1. The van der Waals surface area contributed by atoms with Gasteiger partial charge in [-0.05, 0) is 17.7 Å². The molecule has 0 saturated heterocycles. The number of aromatic nitrogens is 3. The number of nitrogens with two attached hydrogens (primary N) is 1. The zero-order chi connectivity index (χ0) is 15.5. The number of nitrogen functional groups attached to an aromatic ring is 1. The normalized spacial score (nSPS) is 11.2. The molecule has 9 heteroatoms. The molecule has 2 aromatic rings. The number of methoxy groups -OCH3 is 1. The van der Waals surface area contributed by atoms with Crippen LogP contribution < -0.4 is 15.8 Å². The second-order valence-corrected chi connectivity index (χ2v) is 4.05. The van der Waals surface area contributed by atoms with Crippen LogP contribution in [0.4, 0.5) is 25.1 Å². The second-order valence-electron chi connectivity index (χ2n) is 4.05. The zero-order valence-corrected chi connectivity index (χ0v) is 11.0. The molecule has 3 N–H and O–H groups in total. The summed E-state index contributed by atoms with van der Waals surface area (Å²) in [4.78, 5) is 11.5. The van der Waals surface area contributed by atoms with Crippen molar-refractivity contribution in [2.24, 2.45) is 0 Å². The van der Waals surface area contributed by atoms with Crippen molar-refractivity contribution in [2.75, 3.05) is 18.2 Å². The minimum Gasteiger partial charge on any atom is -0.467 e. The predicted molar refractivity (Wildman–Crippen MR) is 69.6 cm³/mol. The van der Waals surface area contributed by atoms with E-state index in [1.807, 2.05) is 0 Å². The van der Waals surface area contributed by atoms with E-state index in [1.165, 1.54) is 19.2 Å². The maximum absolute atomic E-state index is 12.4. The van der Waals surface area contributed by atoms with Gasteiger partial charge in [-0.1, -0.05) is 12.1 Å². The number of ether oxygens (including phenoxy) is 1. The molecule has 0 saturated carbocycles. The Kier molecular flexibility index (Phi) is 4.10. The maximum Gasteiger partial charge on any atom is 0.416 e. The number of nitrogens with one attached hydrogen (secondary N) is 1. The van der Waals surface area contributed by atoms with Gasteiger partial charge in [-0.15, -0.1) is 0 Å². The number of halogens is 3. The topological polar surface area (TPSA) is 86.0 Å². The minimum absolute atomic E-state index is 0.0169. The van der Waals surface area contributed by atoms with E-state index in [9.17, 15) is 13.2 Å². The first-order chi connectivity index (χ1) is 9.88. The van der Waals surface area contributed by atoms with Gasteiger partial charge in [0.05, 0.1) is 12.7 Å². The van der Waals surface area contributed by atoms with Crippen molar-refractivity contribution in [1.29, 1.82) is 0 Å². The number of hydrogen-bond acceptors (Lipinski definition) is 6. The van der Waals surface area contributed by atoms with Crippen molar-refractivity contribution >= 4 is 11.9 Å². The van der Waals surface area contributed by atoms with E-state index >= 15 is 0 Å². The van der Waals surface area contributed by atoms with Crippen molar-refractivity contribution in [3.05, 3.63) is 35.4 Å². The molecule has 0 aliphatic carbocycles. The minimum atomic E-state index is -4.35. The van der Waals surface area contributed by atoms with Gasteiger partial charge in [-0.25, -0.2) is 0 Å². The average molecular weight is 299 g/mol. The molecular weight excluding hydrogens is 287 g/mol. The summed E-state index contributed by atoms with van der Waals surface area (Å²) in [6.45, 7) is 0.241. The largest absolute Gasteiger partial charge is 0.467 e. The smallest absolute Gasteiger partial charge is 0.416 e. The SMILES string of the molecule is COc1nc(N)nc(NCc2ccc(C(F)(F)F)cc2)n1. The van der Waals surface area contributed by atoms with Gasteiger partial charge in [0.1, 0.15) is 0 Å². The van der Waals surface area contributed by atoms with E-state index < -0.39 is 11.7 Å². The fraction of sp³-hybridized carbons (Fsp3) is 0.250. The lowest BCUT2D eigenvalue weighted by molar-refractivity contribution is -0.137. The van der Waals surface area contributed by atoms with Gasteiger partial charge in [0.15, 0.2) is 0 Å². The molecule has 0 amide bonds. The Bertz CT molecular complexity index is 615. The van der Waals surface area contributed by atoms with Crippen LogP contribution in [0, 0.1) is 0 Å². The number of anilines is 2. The molecule has 1 heterocycles. The third-order valence-corrected chi connectivity index (χ3v) is 2.55. The van der Waals surface area contributed by atoms with Crippen molar-refractivity contribution in [3.63, 3.8) is 0 Å². The summed E-state index contributed by atoms with van der Waals surface area (Å²) in [5, 5.41) is 2.83. The molecule has 1 aromatic heterocycles. The highest BCUT2D eigenvalue weighted by Gasteiger charge is 2.29. The van der Waals surface area contributed by atoms with Crippen LogP contribution in [0.25, 0.3) is 0 Å². The molecule has 21 heavy (non-hydrogen) atoms. The molecule has 0 bridgehead atoms. The van der Waals surface area contributed by atoms with Crippen LogP contribution in [0.1, 0.15) is 11.1 Å². The molecule has 112 valence electrons. The highest BCUT2D eigenvalue weighted by atomic mass is 19.4. The van der Waals surface area contributed by atoms with Crippen LogP contribution >= 0.6 is 0 Å². The number of hydrogen-bond donors (Lipinski definition) is 2. The van der Waals surface area contributed by atoms with Crippen molar-refractivity contribution in [1.82, 2.24) is 15.0 Å². The first-order valence-corrected chi connectivity index (χ1v) is 5.84. The monoisotopic (exact) mass is 299 g/mol. The Morgan fingerprint density at radius 2 is 1.81 bits per heavy atom. The average Bonchev–Trinajstić information content (AvgIpc) is 2.44. The van der Waals surface area contributed by atoms with E-state index in [4.69, 9.17) is 10.5 Å². The van der Waals surface area contributed by atoms with Crippen LogP contribution in [0.2, 0.25) is 0 Å². The van der Waals surface area contributed by atoms with Crippen molar-refractivity contribution < 1.29 is 17.9 Å². The molecule has 0 unspecified atom stereocenters. The van der Waals surface area contributed by atoms with Crippen LogP contribution in [-0.4, -0.2) is 22.1 Å². The summed E-state index contributed by atoms with van der Waals surface area (Å²) >= 11 is 0. The molecule has 6 nitrogen and oxygen atoms in total. The highest BCUT2D eigenvalue weighted by Crippen LogP contribution is 2.29. The molecule has 0 spiro atoms. The number of alkyl halides is 3. The molecule has 0 radical (unpaired) electrons. The lowest BCUT2D eigenvalue weighted by Crippen LogP contribution is -2.09. The Balaban J connectivity index is 2.05. The van der Waals surface area contributed by atoms with E-state index in [1.54, 1.807) is 0 Å². The maximum atomic E-state index is 12.4. The van der Waals surface area contributed by atoms with Gasteiger partial charge in [-0.2, -0.15) is 28.1 Å². The number of benzene rings is 1. The van der Waals surface area contributed by atoms with Gasteiger partial charge in [0.2, 0.25) is 11.9 Å². The molecule has 1 aromatic carbocycles. The van der Waals surface area contributed by atoms with Crippen molar-refractivity contribution in [3.8, 4) is 6.01 Å². The van der Waals surface area contributed by atoms with Gasteiger partial charge >= 0.3 is 12.2 Å². The van der Waals surface area contributed by atoms with E-state index in [0.717, 1.165) is 12.1 Å². The van der Waals surface area contributed by atoms with Crippen LogP contribution in [0.3, 0.4) is 0 Å². The molecule has 0 aliphatic heterocycles. The van der Waals surface area contributed by atoms with Crippen LogP contribution in [0.5, 0.6) is 6.01 Å². The fourth-order valence-corrected chi connectivity index (χ4v) is 1.54. The Morgan fingerprint density at radius 1 is 1.14 bits per heavy atom. The van der Waals surface area contributed by atoms with E-state index in [-0.39, 0.29) is 24.5 Å². The molecule has 2 rings (SSSR count). The van der Waals surface area contributed by atoms with Gasteiger partial charge in [-0.3, -0.25) is 0 Å². The number of nitrogens with zero attached hydrogens (tertiary/aromatic N) is 3. The zero-order valence-electron chi connectivity index (χ0n) is 11.0. The summed E-state index contributed by atoms with van der Waals surface area (Å²) in [5.74, 6) is 0.163. The third-order valence-electron chi connectivity index (χ3n) is 2.55. The van der Waals surface area contributed by atoms with Gasteiger partial charge < -0.3 is 15.8 Å². The van der Waals surface area contributed by atoms with Gasteiger partial charge in [0, 0.05) is 6.54 Å². The van der Waals surface area contributed by atoms with Crippen molar-refractivity contribution in [2.45, 2.75) is 12.7 Å². The summed E-state index contributed by atoms with van der Waals surface area (Å²) in [6, 6.07) is 4.82. The Labute approximate surface area is 118 Å². The van der Waals surface area contributed by atoms with Gasteiger partial charge in [0.25, 0.3) is 0 Å². The number of rotatable bonds is 4. The summed E-state index contributed by atoms with van der Waals surface area (Å²) in [5.41, 5.74) is 5.41. The second kappa shape index (κ2) is 5.81. The molecule has 0 aliphatic rings. The Hall–Kier alpha value is -2.58. The van der Waals surface area contributed by atoms with E-state index in [0.29, 0.717) is 5.56 Å². The van der Waals surface area contributed by atoms with E-state index in [2.05, 4.69) is 20.3 Å². The summed E-state index contributed by atoms with van der Waals surface area (Å²) in [7, 11) is 1.38.